The van der Waals surface area contributed by atoms with Gasteiger partial charge in [0, 0.05) is 42.4 Å². The minimum Gasteiger partial charge on any atom is -0.334 e. The molecule has 4 rings (SSSR count). The molecule has 1 aromatic carbocycles. The van der Waals surface area contributed by atoms with Crippen molar-refractivity contribution in [3.63, 3.8) is 0 Å². The van der Waals surface area contributed by atoms with Crippen LogP contribution in [0, 0.1) is 18.6 Å². The standard InChI is InChI=1S/C22H26F2N4O/c1-14-10-16(20(24)12-19(14)23)13-25-22(29)28(17-7-8-17)18-5-2-4-15(11-18)21-6-3-9-26-27-21/h3,6,9-10,12,15,17-18H,2,4-5,7-8,11,13H2,1H3,(H,25,29)/t15?,18-/m1/s1. The fourth-order valence-corrected chi connectivity index (χ4v) is 4.31. The normalized spacial score (nSPS) is 21.6. The van der Waals surface area contributed by atoms with E-state index in [1.807, 2.05) is 17.0 Å². The molecule has 29 heavy (non-hydrogen) atoms. The SMILES string of the molecule is Cc1cc(CNC(=O)N(C2CC2)[C@@H]2CCCC(c3cccnn3)C2)c(F)cc1F. The van der Waals surface area contributed by atoms with Crippen LogP contribution in [0.1, 0.15) is 61.3 Å². The number of carbonyl (C=O) groups excluding carboxylic acids is 1. The molecule has 2 fully saturated rings. The van der Waals surface area contributed by atoms with E-state index in [0.717, 1.165) is 50.3 Å². The number of aryl methyl sites for hydroxylation is 1. The van der Waals surface area contributed by atoms with E-state index in [0.29, 0.717) is 17.0 Å². The summed E-state index contributed by atoms with van der Waals surface area (Å²) in [6, 6.07) is 6.46. The van der Waals surface area contributed by atoms with Crippen molar-refractivity contribution < 1.29 is 13.6 Å². The van der Waals surface area contributed by atoms with Gasteiger partial charge >= 0.3 is 6.03 Å². The zero-order valence-corrected chi connectivity index (χ0v) is 16.6. The Morgan fingerprint density at radius 1 is 1.17 bits per heavy atom. The molecule has 1 unspecified atom stereocenters. The van der Waals surface area contributed by atoms with Gasteiger partial charge in [-0.1, -0.05) is 6.42 Å². The first-order valence-electron chi connectivity index (χ1n) is 10.3. The topological polar surface area (TPSA) is 58.1 Å². The maximum Gasteiger partial charge on any atom is 0.318 e. The summed E-state index contributed by atoms with van der Waals surface area (Å²) in [7, 11) is 0. The summed E-state index contributed by atoms with van der Waals surface area (Å²) in [4.78, 5) is 14.9. The Bertz CT molecular complexity index is 873. The molecular formula is C22H26F2N4O. The highest BCUT2D eigenvalue weighted by atomic mass is 19.1. The van der Waals surface area contributed by atoms with E-state index < -0.39 is 11.6 Å². The van der Waals surface area contributed by atoms with E-state index >= 15 is 0 Å². The Hall–Kier alpha value is -2.57. The lowest BCUT2D eigenvalue weighted by Gasteiger charge is -2.37. The summed E-state index contributed by atoms with van der Waals surface area (Å²) in [5.74, 6) is -0.908. The summed E-state index contributed by atoms with van der Waals surface area (Å²) in [5, 5.41) is 11.1. The van der Waals surface area contributed by atoms with Crippen molar-refractivity contribution in [2.45, 2.75) is 70.0 Å². The maximum atomic E-state index is 14.0. The summed E-state index contributed by atoms with van der Waals surface area (Å²) in [6.45, 7) is 1.64. The van der Waals surface area contributed by atoms with E-state index in [-0.39, 0.29) is 24.7 Å². The Kier molecular flexibility index (Phi) is 5.74. The summed E-state index contributed by atoms with van der Waals surface area (Å²) >= 11 is 0. The van der Waals surface area contributed by atoms with Crippen molar-refractivity contribution in [3.05, 3.63) is 58.9 Å². The molecule has 2 atom stereocenters. The predicted molar refractivity (Wildman–Crippen MR) is 105 cm³/mol. The number of carbonyl (C=O) groups is 1. The van der Waals surface area contributed by atoms with Gasteiger partial charge in [0.25, 0.3) is 0 Å². The van der Waals surface area contributed by atoms with Crippen LogP contribution in [0.3, 0.4) is 0 Å². The molecule has 2 aliphatic carbocycles. The van der Waals surface area contributed by atoms with Gasteiger partial charge in [0.1, 0.15) is 11.6 Å². The van der Waals surface area contributed by atoms with Crippen LogP contribution in [-0.4, -0.2) is 33.2 Å². The third-order valence-corrected chi connectivity index (χ3v) is 5.98. The first-order chi connectivity index (χ1) is 14.0. The van der Waals surface area contributed by atoms with Crippen molar-refractivity contribution in [2.75, 3.05) is 0 Å². The fraction of sp³-hybridized carbons (Fsp3) is 0.500. The van der Waals surface area contributed by atoms with Gasteiger partial charge < -0.3 is 10.2 Å². The van der Waals surface area contributed by atoms with Gasteiger partial charge in [-0.2, -0.15) is 10.2 Å². The van der Waals surface area contributed by atoms with Crippen LogP contribution in [0.5, 0.6) is 0 Å². The number of rotatable bonds is 5. The largest absolute Gasteiger partial charge is 0.334 e. The summed E-state index contributed by atoms with van der Waals surface area (Å²) in [5.41, 5.74) is 1.65. The molecule has 2 aliphatic rings. The Labute approximate surface area is 169 Å². The molecule has 5 nitrogen and oxygen atoms in total. The van der Waals surface area contributed by atoms with Crippen molar-refractivity contribution in [1.29, 1.82) is 0 Å². The van der Waals surface area contributed by atoms with Crippen LogP contribution in [-0.2, 0) is 6.54 Å². The van der Waals surface area contributed by atoms with Gasteiger partial charge in [-0.3, -0.25) is 0 Å². The second-order valence-corrected chi connectivity index (χ2v) is 8.16. The first kappa shape index (κ1) is 19.7. The number of urea groups is 1. The van der Waals surface area contributed by atoms with Crippen molar-refractivity contribution in [2.24, 2.45) is 0 Å². The van der Waals surface area contributed by atoms with Crippen LogP contribution in [0.15, 0.2) is 30.5 Å². The highest BCUT2D eigenvalue weighted by Gasteiger charge is 2.39. The van der Waals surface area contributed by atoms with Crippen molar-refractivity contribution >= 4 is 6.03 Å². The molecule has 2 aromatic rings. The van der Waals surface area contributed by atoms with E-state index in [9.17, 15) is 13.6 Å². The van der Waals surface area contributed by atoms with Crippen LogP contribution in [0.2, 0.25) is 0 Å². The predicted octanol–water partition coefficient (Wildman–Crippen LogP) is 4.46. The number of hydrogen-bond donors (Lipinski definition) is 1. The molecule has 154 valence electrons. The molecule has 2 amide bonds. The van der Waals surface area contributed by atoms with Gasteiger partial charge in [0.05, 0.1) is 5.69 Å². The van der Waals surface area contributed by atoms with E-state index in [1.54, 1.807) is 13.1 Å². The number of hydrogen-bond acceptors (Lipinski definition) is 3. The molecule has 0 bridgehead atoms. The molecule has 1 aromatic heterocycles. The van der Waals surface area contributed by atoms with E-state index in [2.05, 4.69) is 15.5 Å². The monoisotopic (exact) mass is 400 g/mol. The highest BCUT2D eigenvalue weighted by Crippen LogP contribution is 2.38. The average Bonchev–Trinajstić information content (AvgIpc) is 3.56. The Morgan fingerprint density at radius 2 is 2.00 bits per heavy atom. The van der Waals surface area contributed by atoms with E-state index in [4.69, 9.17) is 0 Å². The lowest BCUT2D eigenvalue weighted by atomic mass is 9.83. The van der Waals surface area contributed by atoms with Crippen LogP contribution in [0.25, 0.3) is 0 Å². The van der Waals surface area contributed by atoms with Crippen molar-refractivity contribution in [1.82, 2.24) is 20.4 Å². The molecular weight excluding hydrogens is 374 g/mol. The molecule has 1 N–H and O–H groups in total. The highest BCUT2D eigenvalue weighted by molar-refractivity contribution is 5.75. The Morgan fingerprint density at radius 3 is 2.72 bits per heavy atom. The lowest BCUT2D eigenvalue weighted by Crippen LogP contribution is -2.48. The quantitative estimate of drug-likeness (QED) is 0.806. The fourth-order valence-electron chi connectivity index (χ4n) is 4.31. The van der Waals surface area contributed by atoms with Crippen LogP contribution in [0.4, 0.5) is 13.6 Å². The minimum absolute atomic E-state index is 0.0509. The number of halogens is 2. The van der Waals surface area contributed by atoms with Gasteiger partial charge in [-0.25, -0.2) is 13.6 Å². The van der Waals surface area contributed by atoms with Gasteiger partial charge in [0.2, 0.25) is 0 Å². The summed E-state index contributed by atoms with van der Waals surface area (Å²) in [6.07, 6.45) is 7.60. The first-order valence-corrected chi connectivity index (χ1v) is 10.3. The molecule has 7 heteroatoms. The third-order valence-electron chi connectivity index (χ3n) is 5.98. The van der Waals surface area contributed by atoms with E-state index in [1.165, 1.54) is 6.07 Å². The third kappa shape index (κ3) is 4.54. The van der Waals surface area contributed by atoms with Gasteiger partial charge in [-0.15, -0.1) is 0 Å². The second-order valence-electron chi connectivity index (χ2n) is 8.16. The summed E-state index contributed by atoms with van der Waals surface area (Å²) < 4.78 is 27.5. The lowest BCUT2D eigenvalue weighted by molar-refractivity contribution is 0.144. The van der Waals surface area contributed by atoms with Crippen molar-refractivity contribution in [3.8, 4) is 0 Å². The maximum absolute atomic E-state index is 14.0. The molecule has 1 heterocycles. The molecule has 0 spiro atoms. The zero-order chi connectivity index (χ0) is 20.4. The Balaban J connectivity index is 1.43. The zero-order valence-electron chi connectivity index (χ0n) is 16.6. The number of amides is 2. The average molecular weight is 400 g/mol. The van der Waals surface area contributed by atoms with Gasteiger partial charge in [-0.05, 0) is 62.8 Å². The second kappa shape index (κ2) is 8.43. The minimum atomic E-state index is -0.633. The van der Waals surface area contributed by atoms with Crippen LogP contribution >= 0.6 is 0 Å². The number of benzene rings is 1. The smallest absolute Gasteiger partial charge is 0.318 e. The van der Waals surface area contributed by atoms with Crippen LogP contribution < -0.4 is 5.32 Å². The number of aromatic nitrogens is 2. The molecule has 2 saturated carbocycles. The molecule has 0 aliphatic heterocycles. The molecule has 0 saturated heterocycles. The van der Waals surface area contributed by atoms with Gasteiger partial charge in [0.15, 0.2) is 0 Å². The number of nitrogens with zero attached hydrogens (tertiary/aromatic N) is 3. The molecule has 0 radical (unpaired) electrons. The number of nitrogens with one attached hydrogen (secondary N) is 1.